The lowest BCUT2D eigenvalue weighted by molar-refractivity contribution is -0.113. The van der Waals surface area contributed by atoms with Crippen molar-refractivity contribution in [2.24, 2.45) is 5.92 Å². The first-order valence-electron chi connectivity index (χ1n) is 11.9. The highest BCUT2D eigenvalue weighted by atomic mass is 35.5. The van der Waals surface area contributed by atoms with Gasteiger partial charge in [0.05, 0.1) is 32.3 Å². The number of aliphatic hydroxyl groups excluding tert-OH is 2. The smallest absolute Gasteiger partial charge is 0.161 e. The van der Waals surface area contributed by atoms with Crippen molar-refractivity contribution in [2.75, 3.05) is 26.9 Å². The molecule has 184 valence electrons. The molecule has 0 saturated carbocycles. The van der Waals surface area contributed by atoms with Crippen LogP contribution >= 0.6 is 11.6 Å². The molecule has 1 heterocycles. The number of aldehydes is 1. The fraction of sp³-hybridized carbons (Fsp3) is 0.481. The van der Waals surface area contributed by atoms with E-state index in [0.717, 1.165) is 24.7 Å². The minimum Gasteiger partial charge on any atom is -0.493 e. The van der Waals surface area contributed by atoms with Gasteiger partial charge in [-0.3, -0.25) is 0 Å². The van der Waals surface area contributed by atoms with Gasteiger partial charge in [-0.15, -0.1) is 0 Å². The van der Waals surface area contributed by atoms with E-state index < -0.39 is 11.3 Å². The van der Waals surface area contributed by atoms with Gasteiger partial charge in [-0.05, 0) is 52.9 Å². The van der Waals surface area contributed by atoms with Crippen LogP contribution in [0.5, 0.6) is 11.5 Å². The number of carbonyl (C=O) groups excluding carboxylic acids is 1. The van der Waals surface area contributed by atoms with E-state index in [-0.39, 0.29) is 18.4 Å². The van der Waals surface area contributed by atoms with E-state index >= 15 is 0 Å². The van der Waals surface area contributed by atoms with Crippen LogP contribution in [0.15, 0.2) is 36.0 Å². The number of unbranched alkanes of at least 4 members (excludes halogenated alkanes) is 5. The number of rotatable bonds is 13. The number of methoxy groups -OCH3 is 1. The Morgan fingerprint density at radius 1 is 1.12 bits per heavy atom. The van der Waals surface area contributed by atoms with Crippen molar-refractivity contribution in [3.8, 4) is 11.5 Å². The van der Waals surface area contributed by atoms with Crippen molar-refractivity contribution in [3.63, 3.8) is 0 Å². The summed E-state index contributed by atoms with van der Waals surface area (Å²) in [5, 5.41) is 20.6. The number of aromatic nitrogens is 1. The maximum absolute atomic E-state index is 12.8. The standard InChI is InChI=1S/C27H34ClNO5/c1-3-4-5-6-7-8-11-34-25-13-19-12-20(16-30)23(17-31)27(18-32,22(19)15-24(25)33-2)21-9-10-29-26(28)14-21/h9-10,12-15,18,23,30-31H,3-8,11,16-17H2,1-2H3. The lowest BCUT2D eigenvalue weighted by Crippen LogP contribution is -2.44. The normalized spacial score (nSPS) is 19.3. The molecule has 0 spiro atoms. The molecule has 3 rings (SSSR count). The molecule has 7 heteroatoms. The van der Waals surface area contributed by atoms with Gasteiger partial charge in [0.25, 0.3) is 0 Å². The topological polar surface area (TPSA) is 88.9 Å². The quantitative estimate of drug-likeness (QED) is 0.236. The van der Waals surface area contributed by atoms with E-state index in [2.05, 4.69) is 11.9 Å². The maximum atomic E-state index is 12.8. The van der Waals surface area contributed by atoms with Crippen LogP contribution < -0.4 is 9.47 Å². The molecule has 2 N–H and O–H groups in total. The van der Waals surface area contributed by atoms with Crippen molar-refractivity contribution in [1.29, 1.82) is 0 Å². The van der Waals surface area contributed by atoms with Crippen LogP contribution in [-0.4, -0.2) is 48.4 Å². The summed E-state index contributed by atoms with van der Waals surface area (Å²) in [5.41, 5.74) is 1.26. The molecule has 0 fully saturated rings. The van der Waals surface area contributed by atoms with E-state index in [1.807, 2.05) is 12.1 Å². The van der Waals surface area contributed by atoms with Gasteiger partial charge in [-0.25, -0.2) is 4.98 Å². The van der Waals surface area contributed by atoms with Gasteiger partial charge in [-0.1, -0.05) is 56.7 Å². The summed E-state index contributed by atoms with van der Waals surface area (Å²) in [6.07, 6.45) is 11.1. The van der Waals surface area contributed by atoms with E-state index in [9.17, 15) is 15.0 Å². The number of fused-ring (bicyclic) bond motifs is 1. The van der Waals surface area contributed by atoms with Crippen molar-refractivity contribution >= 4 is 24.0 Å². The summed E-state index contributed by atoms with van der Waals surface area (Å²) >= 11 is 6.17. The zero-order chi connectivity index (χ0) is 24.6. The molecule has 0 saturated heterocycles. The van der Waals surface area contributed by atoms with Crippen LogP contribution in [0, 0.1) is 5.92 Å². The molecule has 2 atom stereocenters. The van der Waals surface area contributed by atoms with Crippen LogP contribution in [0.4, 0.5) is 0 Å². The summed E-state index contributed by atoms with van der Waals surface area (Å²) in [7, 11) is 1.56. The van der Waals surface area contributed by atoms with E-state index in [1.165, 1.54) is 31.9 Å². The molecule has 34 heavy (non-hydrogen) atoms. The summed E-state index contributed by atoms with van der Waals surface area (Å²) in [6, 6.07) is 6.97. The third-order valence-electron chi connectivity index (χ3n) is 6.63. The second kappa shape index (κ2) is 12.3. The van der Waals surface area contributed by atoms with Crippen LogP contribution in [0.3, 0.4) is 0 Å². The van der Waals surface area contributed by atoms with Gasteiger partial charge >= 0.3 is 0 Å². The SMILES string of the molecule is CCCCCCCCOc1cc2c(cc1OC)C(C=O)(c1ccnc(Cl)c1)C(CO)C(CO)=C2. The highest BCUT2D eigenvalue weighted by molar-refractivity contribution is 6.29. The Bertz CT molecular complexity index is 1010. The van der Waals surface area contributed by atoms with Gasteiger partial charge in [0.2, 0.25) is 0 Å². The van der Waals surface area contributed by atoms with Crippen molar-refractivity contribution in [2.45, 2.75) is 50.9 Å². The Labute approximate surface area is 206 Å². The second-order valence-corrected chi connectivity index (χ2v) is 9.06. The van der Waals surface area contributed by atoms with Crippen LogP contribution in [-0.2, 0) is 10.2 Å². The third-order valence-corrected chi connectivity index (χ3v) is 6.84. The summed E-state index contributed by atoms with van der Waals surface area (Å²) < 4.78 is 11.7. The summed E-state index contributed by atoms with van der Waals surface area (Å²) in [6.45, 7) is 2.14. The lowest BCUT2D eigenvalue weighted by Gasteiger charge is -2.41. The molecule has 0 radical (unpaired) electrons. The second-order valence-electron chi connectivity index (χ2n) is 8.67. The van der Waals surface area contributed by atoms with Gasteiger partial charge in [0.15, 0.2) is 11.5 Å². The van der Waals surface area contributed by atoms with Gasteiger partial charge in [0.1, 0.15) is 11.4 Å². The summed E-state index contributed by atoms with van der Waals surface area (Å²) in [4.78, 5) is 16.9. The first-order chi connectivity index (χ1) is 16.5. The predicted molar refractivity (Wildman–Crippen MR) is 134 cm³/mol. The fourth-order valence-corrected chi connectivity index (χ4v) is 4.99. The average molecular weight is 488 g/mol. The molecule has 0 amide bonds. The minimum absolute atomic E-state index is 0.239. The molecule has 1 aromatic carbocycles. The minimum atomic E-state index is -1.27. The molecular weight excluding hydrogens is 454 g/mol. The van der Waals surface area contributed by atoms with Crippen LogP contribution in [0.1, 0.15) is 62.1 Å². The first kappa shape index (κ1) is 26.2. The maximum Gasteiger partial charge on any atom is 0.161 e. The fourth-order valence-electron chi connectivity index (χ4n) is 4.82. The predicted octanol–water partition coefficient (Wildman–Crippen LogP) is 4.97. The molecule has 0 bridgehead atoms. The number of nitrogens with zero attached hydrogens (tertiary/aromatic N) is 1. The largest absolute Gasteiger partial charge is 0.493 e. The molecular formula is C27H34ClNO5. The van der Waals surface area contributed by atoms with Crippen molar-refractivity contribution < 1.29 is 24.5 Å². The Morgan fingerprint density at radius 3 is 2.53 bits per heavy atom. The monoisotopic (exact) mass is 487 g/mol. The molecule has 1 aromatic heterocycles. The number of ether oxygens (including phenoxy) is 2. The van der Waals surface area contributed by atoms with Crippen LogP contribution in [0.2, 0.25) is 5.15 Å². The highest BCUT2D eigenvalue weighted by Gasteiger charge is 2.47. The molecule has 0 aliphatic heterocycles. The summed E-state index contributed by atoms with van der Waals surface area (Å²) in [5.74, 6) is 0.424. The van der Waals surface area contributed by atoms with Crippen LogP contribution in [0.25, 0.3) is 6.08 Å². The van der Waals surface area contributed by atoms with E-state index in [0.29, 0.717) is 34.8 Å². The van der Waals surface area contributed by atoms with Crippen molar-refractivity contribution in [3.05, 3.63) is 57.9 Å². The molecule has 2 unspecified atom stereocenters. The number of benzene rings is 1. The molecule has 2 aromatic rings. The molecule has 6 nitrogen and oxygen atoms in total. The molecule has 1 aliphatic rings. The highest BCUT2D eigenvalue weighted by Crippen LogP contribution is 2.49. The van der Waals surface area contributed by atoms with Gasteiger partial charge in [-0.2, -0.15) is 0 Å². The van der Waals surface area contributed by atoms with Crippen molar-refractivity contribution in [1.82, 2.24) is 4.98 Å². The Kier molecular flexibility index (Phi) is 9.51. The Balaban J connectivity index is 2.01. The number of carbonyl (C=O) groups is 1. The number of hydrogen-bond donors (Lipinski definition) is 2. The number of halogens is 1. The van der Waals surface area contributed by atoms with Gasteiger partial charge < -0.3 is 24.5 Å². The zero-order valence-electron chi connectivity index (χ0n) is 19.9. The number of pyridine rings is 1. The van der Waals surface area contributed by atoms with E-state index in [4.69, 9.17) is 21.1 Å². The lowest BCUT2D eigenvalue weighted by atomic mass is 9.61. The Morgan fingerprint density at radius 2 is 1.88 bits per heavy atom. The molecule has 1 aliphatic carbocycles. The Hall–Kier alpha value is -2.41. The van der Waals surface area contributed by atoms with E-state index in [1.54, 1.807) is 25.3 Å². The number of hydrogen-bond acceptors (Lipinski definition) is 6. The third kappa shape index (κ3) is 5.29. The first-order valence-corrected chi connectivity index (χ1v) is 12.3. The number of aliphatic hydroxyl groups is 2. The average Bonchev–Trinajstić information content (AvgIpc) is 2.86. The van der Waals surface area contributed by atoms with Gasteiger partial charge in [0, 0.05) is 12.1 Å². The zero-order valence-corrected chi connectivity index (χ0v) is 20.7.